The largest absolute Gasteiger partial charge is 0.355 e. The molecule has 0 aromatic heterocycles. The van der Waals surface area contributed by atoms with Gasteiger partial charge in [-0.05, 0) is 17.7 Å². The van der Waals surface area contributed by atoms with Crippen molar-refractivity contribution in [2.45, 2.75) is 6.61 Å². The second-order valence-corrected chi connectivity index (χ2v) is 2.75. The molecule has 0 aliphatic rings. The number of rotatable bonds is 3. The second-order valence-electron chi connectivity index (χ2n) is 2.62. The number of hydrogen-bond acceptors (Lipinski definition) is 5. The third-order valence-electron chi connectivity index (χ3n) is 1.67. The van der Waals surface area contributed by atoms with Gasteiger partial charge in [0.1, 0.15) is 6.61 Å². The van der Waals surface area contributed by atoms with Crippen molar-refractivity contribution in [1.29, 1.82) is 0 Å². The van der Waals surface area contributed by atoms with E-state index in [1.165, 1.54) is 0 Å². The third kappa shape index (κ3) is 5.35. The van der Waals surface area contributed by atoms with Crippen LogP contribution in [0.15, 0.2) is 24.3 Å². The van der Waals surface area contributed by atoms with Crippen molar-refractivity contribution >= 4 is 17.5 Å². The molecule has 0 aliphatic carbocycles. The molecule has 0 atom stereocenters. The first kappa shape index (κ1) is 14.4. The maximum atomic E-state index is 11.1. The average molecular weight is 245 g/mol. The molecular formula is C9H11NO5S. The van der Waals surface area contributed by atoms with Crippen molar-refractivity contribution in [3.8, 4) is 0 Å². The van der Waals surface area contributed by atoms with Gasteiger partial charge in [-0.15, -0.1) is 0 Å². The number of benzene rings is 1. The van der Waals surface area contributed by atoms with Crippen LogP contribution in [0.2, 0.25) is 0 Å². The van der Waals surface area contributed by atoms with Crippen LogP contribution in [-0.4, -0.2) is 26.6 Å². The summed E-state index contributed by atoms with van der Waals surface area (Å²) in [4.78, 5) is 15.0. The van der Waals surface area contributed by atoms with Gasteiger partial charge in [-0.2, -0.15) is 8.42 Å². The van der Waals surface area contributed by atoms with Crippen LogP contribution in [0.1, 0.15) is 15.9 Å². The standard InChI is InChI=1S/C9H11NO3.O2S/c1-10-9(11)8-4-2-7(3-5-8)6-13-12;1-3-2/h2-5,12H,6H2,1H3,(H,10,11);. The Labute approximate surface area is 95.8 Å². The van der Waals surface area contributed by atoms with E-state index in [9.17, 15) is 4.79 Å². The maximum absolute atomic E-state index is 11.1. The molecule has 0 radical (unpaired) electrons. The van der Waals surface area contributed by atoms with Crippen molar-refractivity contribution in [3.05, 3.63) is 35.4 Å². The van der Waals surface area contributed by atoms with Gasteiger partial charge in [0.2, 0.25) is 0 Å². The molecule has 0 bridgehead atoms. The average Bonchev–Trinajstić information content (AvgIpc) is 2.30. The molecule has 0 saturated heterocycles. The van der Waals surface area contributed by atoms with E-state index in [-0.39, 0.29) is 12.5 Å². The van der Waals surface area contributed by atoms with Gasteiger partial charge in [-0.25, -0.2) is 4.89 Å². The smallest absolute Gasteiger partial charge is 0.335 e. The van der Waals surface area contributed by atoms with Crippen LogP contribution in [-0.2, 0) is 23.1 Å². The Morgan fingerprint density at radius 1 is 1.38 bits per heavy atom. The molecule has 1 rings (SSSR count). The lowest BCUT2D eigenvalue weighted by molar-refractivity contribution is -0.253. The van der Waals surface area contributed by atoms with E-state index in [0.717, 1.165) is 5.56 Å². The summed E-state index contributed by atoms with van der Waals surface area (Å²) in [5.74, 6) is -0.128. The molecule has 88 valence electrons. The van der Waals surface area contributed by atoms with Crippen molar-refractivity contribution in [3.63, 3.8) is 0 Å². The fourth-order valence-electron chi connectivity index (χ4n) is 0.971. The number of carbonyl (C=O) groups is 1. The fourth-order valence-corrected chi connectivity index (χ4v) is 0.971. The molecule has 1 aromatic rings. The molecule has 6 nitrogen and oxygen atoms in total. The van der Waals surface area contributed by atoms with Crippen LogP contribution in [0.25, 0.3) is 0 Å². The highest BCUT2D eigenvalue weighted by Crippen LogP contribution is 2.04. The van der Waals surface area contributed by atoms with Gasteiger partial charge in [0.15, 0.2) is 0 Å². The summed E-state index contributed by atoms with van der Waals surface area (Å²) < 4.78 is 16.6. The summed E-state index contributed by atoms with van der Waals surface area (Å²) in [7, 11) is 1.58. The zero-order valence-corrected chi connectivity index (χ0v) is 9.32. The van der Waals surface area contributed by atoms with E-state index < -0.39 is 11.6 Å². The summed E-state index contributed by atoms with van der Waals surface area (Å²) in [5, 5.41) is 10.7. The molecule has 0 spiro atoms. The molecule has 0 unspecified atom stereocenters. The van der Waals surface area contributed by atoms with Gasteiger partial charge in [-0.3, -0.25) is 10.1 Å². The summed E-state index contributed by atoms with van der Waals surface area (Å²) in [6, 6.07) is 6.79. The van der Waals surface area contributed by atoms with Crippen LogP contribution in [0, 0.1) is 0 Å². The highest BCUT2D eigenvalue weighted by Gasteiger charge is 2.01. The number of amides is 1. The van der Waals surface area contributed by atoms with E-state index in [1.54, 1.807) is 31.3 Å². The van der Waals surface area contributed by atoms with Crippen molar-refractivity contribution < 1.29 is 23.4 Å². The topological polar surface area (TPSA) is 92.7 Å². The SMILES string of the molecule is CNC(=O)c1ccc(COO)cc1.O=S=O. The second kappa shape index (κ2) is 8.72. The van der Waals surface area contributed by atoms with Crippen LogP contribution < -0.4 is 5.32 Å². The summed E-state index contributed by atoms with van der Waals surface area (Å²) in [6.07, 6.45) is 0. The summed E-state index contributed by atoms with van der Waals surface area (Å²) >= 11 is -0.750. The molecule has 1 amide bonds. The zero-order valence-electron chi connectivity index (χ0n) is 8.50. The van der Waals surface area contributed by atoms with Crippen molar-refractivity contribution in [1.82, 2.24) is 5.32 Å². The van der Waals surface area contributed by atoms with Gasteiger partial charge < -0.3 is 5.32 Å². The maximum Gasteiger partial charge on any atom is 0.335 e. The first-order valence-corrected chi connectivity index (χ1v) is 4.85. The summed E-state index contributed by atoms with van der Waals surface area (Å²) in [6.45, 7) is 0.133. The van der Waals surface area contributed by atoms with Crippen molar-refractivity contribution in [2.75, 3.05) is 7.05 Å². The van der Waals surface area contributed by atoms with Gasteiger partial charge in [0, 0.05) is 12.6 Å². The van der Waals surface area contributed by atoms with E-state index in [2.05, 4.69) is 10.2 Å². The Hall–Kier alpha value is -1.57. The normalized spacial score (nSPS) is 8.62. The minimum absolute atomic E-state index is 0.128. The zero-order chi connectivity index (χ0) is 12.4. The van der Waals surface area contributed by atoms with E-state index in [0.29, 0.717) is 5.56 Å². The molecule has 1 aromatic carbocycles. The van der Waals surface area contributed by atoms with E-state index in [4.69, 9.17) is 13.7 Å². The Balaban J connectivity index is 0.000000673. The minimum Gasteiger partial charge on any atom is -0.355 e. The predicted octanol–water partition coefficient (Wildman–Crippen LogP) is 0.366. The molecule has 16 heavy (non-hydrogen) atoms. The first-order chi connectivity index (χ1) is 7.69. The van der Waals surface area contributed by atoms with Gasteiger partial charge in [0.05, 0.1) is 0 Å². The molecule has 0 fully saturated rings. The van der Waals surface area contributed by atoms with Crippen LogP contribution >= 0.6 is 0 Å². The lowest BCUT2D eigenvalue weighted by Crippen LogP contribution is -2.17. The third-order valence-corrected chi connectivity index (χ3v) is 1.67. The molecule has 7 heteroatoms. The van der Waals surface area contributed by atoms with E-state index in [1.807, 2.05) is 0 Å². The predicted molar refractivity (Wildman–Crippen MR) is 56.2 cm³/mol. The highest BCUT2D eigenvalue weighted by atomic mass is 32.1. The number of nitrogens with one attached hydrogen (secondary N) is 1. The lowest BCUT2D eigenvalue weighted by atomic mass is 10.1. The lowest BCUT2D eigenvalue weighted by Gasteiger charge is -2.01. The van der Waals surface area contributed by atoms with E-state index >= 15 is 0 Å². The Morgan fingerprint density at radius 2 is 1.88 bits per heavy atom. The molecule has 0 saturated carbocycles. The fraction of sp³-hybridized carbons (Fsp3) is 0.222. The minimum atomic E-state index is -0.750. The van der Waals surface area contributed by atoms with Crippen LogP contribution in [0.3, 0.4) is 0 Å². The monoisotopic (exact) mass is 245 g/mol. The number of carbonyl (C=O) groups excluding carboxylic acids is 1. The molecule has 2 N–H and O–H groups in total. The van der Waals surface area contributed by atoms with Crippen LogP contribution in [0.5, 0.6) is 0 Å². The highest BCUT2D eigenvalue weighted by molar-refractivity contribution is 7.51. The molecular weight excluding hydrogens is 234 g/mol. The quantitative estimate of drug-likeness (QED) is 0.592. The van der Waals surface area contributed by atoms with Crippen LogP contribution in [0.4, 0.5) is 0 Å². The Bertz CT molecular complexity index is 359. The van der Waals surface area contributed by atoms with Gasteiger partial charge in [0.25, 0.3) is 5.91 Å². The Kier molecular flexibility index (Phi) is 7.86. The van der Waals surface area contributed by atoms with Crippen molar-refractivity contribution in [2.24, 2.45) is 0 Å². The number of hydrogen-bond donors (Lipinski definition) is 2. The van der Waals surface area contributed by atoms with Gasteiger partial charge >= 0.3 is 11.6 Å². The van der Waals surface area contributed by atoms with Gasteiger partial charge in [-0.1, -0.05) is 12.1 Å². The summed E-state index contributed by atoms with van der Waals surface area (Å²) in [5.41, 5.74) is 1.40. The first-order valence-electron chi connectivity index (χ1n) is 4.18. The Morgan fingerprint density at radius 3 is 2.25 bits per heavy atom. The molecule has 0 heterocycles. The molecule has 0 aliphatic heterocycles.